The van der Waals surface area contributed by atoms with Crippen LogP contribution in [0.25, 0.3) is 0 Å². The molecule has 4 unspecified atom stereocenters. The van der Waals surface area contributed by atoms with E-state index in [2.05, 4.69) is 27.7 Å². The summed E-state index contributed by atoms with van der Waals surface area (Å²) in [4.78, 5) is 16.7. The zero-order valence-electron chi connectivity index (χ0n) is 17.3. The molecule has 1 heterocycles. The van der Waals surface area contributed by atoms with E-state index in [1.807, 2.05) is 0 Å². The molecule has 2 aromatic rings. The highest BCUT2D eigenvalue weighted by Gasteiger charge is 2.33. The van der Waals surface area contributed by atoms with E-state index >= 15 is 0 Å². The number of nitrogens with one attached hydrogen (secondary N) is 2. The van der Waals surface area contributed by atoms with Crippen LogP contribution in [0.1, 0.15) is 41.7 Å². The number of rotatable bonds is 11. The number of amides is 1. The van der Waals surface area contributed by atoms with Gasteiger partial charge in [0.25, 0.3) is 5.91 Å². The molecule has 0 fully saturated rings. The number of hydrogen-bond acceptors (Lipinski definition) is 8. The molecule has 32 heavy (non-hydrogen) atoms. The summed E-state index contributed by atoms with van der Waals surface area (Å²) in [6, 6.07) is 1.73. The van der Waals surface area contributed by atoms with Crippen molar-refractivity contribution in [1.29, 1.82) is 0 Å². The smallest absolute Gasteiger partial charge is 0.271 e. The molecule has 1 aromatic carbocycles. The fourth-order valence-electron chi connectivity index (χ4n) is 3.07. The van der Waals surface area contributed by atoms with Crippen LogP contribution in [0.15, 0.2) is 23.6 Å². The van der Waals surface area contributed by atoms with Crippen molar-refractivity contribution in [2.75, 3.05) is 16.7 Å². The summed E-state index contributed by atoms with van der Waals surface area (Å²) in [5, 5.41) is 25.0. The predicted octanol–water partition coefficient (Wildman–Crippen LogP) is 2.13. The van der Waals surface area contributed by atoms with E-state index < -0.39 is 51.7 Å². The highest BCUT2D eigenvalue weighted by atomic mass is 32.2. The fourth-order valence-corrected chi connectivity index (χ4v) is 4.80. The zero-order valence-corrected chi connectivity index (χ0v) is 19.9. The normalized spacial score (nSPS) is 15.6. The van der Waals surface area contributed by atoms with E-state index in [0.717, 1.165) is 29.7 Å². The van der Waals surface area contributed by atoms with Crippen molar-refractivity contribution in [3.05, 3.63) is 46.5 Å². The van der Waals surface area contributed by atoms with Crippen molar-refractivity contribution in [2.24, 2.45) is 0 Å². The molecule has 0 saturated heterocycles. The second kappa shape index (κ2) is 11.4. The van der Waals surface area contributed by atoms with Gasteiger partial charge in [-0.15, -0.1) is 11.3 Å². The van der Waals surface area contributed by atoms with Crippen molar-refractivity contribution in [3.8, 4) is 0 Å². The molecule has 4 atom stereocenters. The van der Waals surface area contributed by atoms with Crippen LogP contribution in [0.3, 0.4) is 0 Å². The molecule has 13 heteroatoms. The molecule has 8 nitrogen and oxygen atoms in total. The molecule has 1 amide bonds. The molecule has 0 aliphatic heterocycles. The Morgan fingerprint density at radius 2 is 1.88 bits per heavy atom. The quantitative estimate of drug-likeness (QED) is 0.295. The summed E-state index contributed by atoms with van der Waals surface area (Å²) >= 11 is 4.95. The molecule has 4 N–H and O–H groups in total. The standard InChI is InChI=1S/C19H25F2N3O5S3/c1-10(11-6-12(20)8-13(21)7-11)16(17(26)15(25)4-3-5-30)23-18(27)14-9-31-19(22-14)24-32(2,28)29/h6-10,15-17,25-26,30H,3-5H2,1-2H3,(H,22,24)(H,23,27). The van der Waals surface area contributed by atoms with Crippen molar-refractivity contribution < 1.29 is 32.2 Å². The summed E-state index contributed by atoms with van der Waals surface area (Å²) in [5.41, 5.74) is 0.0479. The minimum absolute atomic E-state index is 0.0242. The van der Waals surface area contributed by atoms with Gasteiger partial charge in [0.05, 0.1) is 18.4 Å². The third-order valence-electron chi connectivity index (χ3n) is 4.68. The maximum Gasteiger partial charge on any atom is 0.271 e. The minimum Gasteiger partial charge on any atom is -0.390 e. The van der Waals surface area contributed by atoms with Crippen LogP contribution < -0.4 is 10.0 Å². The Bertz CT molecular complexity index is 1010. The highest BCUT2D eigenvalue weighted by Crippen LogP contribution is 2.26. The SMILES string of the molecule is CC(c1cc(F)cc(F)c1)C(NC(=O)c1csc(NS(C)(=O)=O)n1)C(O)C(O)CCCS. The molecule has 0 aliphatic rings. The molecule has 0 spiro atoms. The first-order chi connectivity index (χ1) is 14.9. The number of hydrogen-bond donors (Lipinski definition) is 5. The summed E-state index contributed by atoms with van der Waals surface area (Å²) in [6.07, 6.45) is -1.07. The van der Waals surface area contributed by atoms with Crippen LogP contribution in [0, 0.1) is 11.6 Å². The lowest BCUT2D eigenvalue weighted by Gasteiger charge is -2.32. The Kier molecular flexibility index (Phi) is 9.40. The number of carbonyl (C=O) groups is 1. The number of thiazole rings is 1. The van der Waals surface area contributed by atoms with Gasteiger partial charge in [0.1, 0.15) is 23.4 Å². The maximum absolute atomic E-state index is 13.7. The predicted molar refractivity (Wildman–Crippen MR) is 122 cm³/mol. The van der Waals surface area contributed by atoms with Crippen LogP contribution in [0.2, 0.25) is 0 Å². The number of aliphatic hydroxyl groups excluding tert-OH is 2. The Labute approximate surface area is 194 Å². The minimum atomic E-state index is -3.59. The van der Waals surface area contributed by atoms with E-state index in [1.54, 1.807) is 6.92 Å². The average molecular weight is 510 g/mol. The molecule has 0 aliphatic carbocycles. The second-order valence-corrected chi connectivity index (χ2v) is 10.4. The molecule has 178 valence electrons. The van der Waals surface area contributed by atoms with Crippen molar-refractivity contribution in [3.63, 3.8) is 0 Å². The highest BCUT2D eigenvalue weighted by molar-refractivity contribution is 7.92. The Balaban J connectivity index is 2.30. The fraction of sp³-hybridized carbons (Fsp3) is 0.474. The van der Waals surface area contributed by atoms with E-state index in [0.29, 0.717) is 18.2 Å². The van der Waals surface area contributed by atoms with Gasteiger partial charge in [-0.3, -0.25) is 9.52 Å². The van der Waals surface area contributed by atoms with Crippen LogP contribution >= 0.6 is 24.0 Å². The van der Waals surface area contributed by atoms with Crippen molar-refractivity contribution in [2.45, 2.75) is 43.9 Å². The summed E-state index contributed by atoms with van der Waals surface area (Å²) in [6.45, 7) is 1.55. The molecule has 1 aromatic heterocycles. The van der Waals surface area contributed by atoms with E-state index in [4.69, 9.17) is 0 Å². The summed E-state index contributed by atoms with van der Waals surface area (Å²) in [5.74, 6) is -2.72. The van der Waals surface area contributed by atoms with E-state index in [1.165, 1.54) is 5.38 Å². The van der Waals surface area contributed by atoms with Crippen LogP contribution in [0.5, 0.6) is 0 Å². The largest absolute Gasteiger partial charge is 0.390 e. The second-order valence-electron chi connectivity index (χ2n) is 7.33. The number of aliphatic hydroxyl groups is 2. The molecular formula is C19H25F2N3O5S3. The number of carbonyl (C=O) groups excluding carboxylic acids is 1. The summed E-state index contributed by atoms with van der Waals surface area (Å²) in [7, 11) is -3.59. The van der Waals surface area contributed by atoms with Crippen molar-refractivity contribution in [1.82, 2.24) is 10.3 Å². The third kappa shape index (κ3) is 7.66. The lowest BCUT2D eigenvalue weighted by Crippen LogP contribution is -2.51. The number of aromatic nitrogens is 1. The van der Waals surface area contributed by atoms with Crippen LogP contribution in [-0.4, -0.2) is 59.8 Å². The monoisotopic (exact) mass is 509 g/mol. The number of halogens is 2. The number of anilines is 1. The molecular weight excluding hydrogens is 484 g/mol. The van der Waals surface area contributed by atoms with E-state index in [-0.39, 0.29) is 22.8 Å². The van der Waals surface area contributed by atoms with Crippen LogP contribution in [0.4, 0.5) is 13.9 Å². The van der Waals surface area contributed by atoms with Gasteiger partial charge < -0.3 is 15.5 Å². The Morgan fingerprint density at radius 3 is 2.44 bits per heavy atom. The van der Waals surface area contributed by atoms with E-state index in [9.17, 15) is 32.2 Å². The van der Waals surface area contributed by atoms with Gasteiger partial charge in [0.2, 0.25) is 10.0 Å². The topological polar surface area (TPSA) is 129 Å². The van der Waals surface area contributed by atoms with Gasteiger partial charge in [-0.2, -0.15) is 12.6 Å². The third-order valence-corrected chi connectivity index (χ3v) is 6.44. The first-order valence-electron chi connectivity index (χ1n) is 9.58. The zero-order chi connectivity index (χ0) is 24.1. The Hall–Kier alpha value is -1.80. The lowest BCUT2D eigenvalue weighted by molar-refractivity contribution is -0.0120. The first kappa shape index (κ1) is 26.5. The number of benzene rings is 1. The molecule has 0 bridgehead atoms. The number of thiol groups is 1. The first-order valence-corrected chi connectivity index (χ1v) is 13.0. The van der Waals surface area contributed by atoms with Crippen LogP contribution in [-0.2, 0) is 10.0 Å². The van der Waals surface area contributed by atoms with Gasteiger partial charge in [-0.1, -0.05) is 6.92 Å². The summed E-state index contributed by atoms with van der Waals surface area (Å²) < 4.78 is 52.3. The Morgan fingerprint density at radius 1 is 1.25 bits per heavy atom. The average Bonchev–Trinajstić information content (AvgIpc) is 3.15. The van der Waals surface area contributed by atoms with Crippen molar-refractivity contribution >= 4 is 45.0 Å². The number of sulfonamides is 1. The molecule has 2 rings (SSSR count). The van der Waals surface area contributed by atoms with Gasteiger partial charge >= 0.3 is 0 Å². The lowest BCUT2D eigenvalue weighted by atomic mass is 9.86. The van der Waals surface area contributed by atoms with Gasteiger partial charge in [-0.25, -0.2) is 22.2 Å². The maximum atomic E-state index is 13.7. The van der Waals surface area contributed by atoms with Gasteiger partial charge in [0, 0.05) is 17.4 Å². The van der Waals surface area contributed by atoms with Gasteiger partial charge in [0.15, 0.2) is 5.13 Å². The molecule has 0 radical (unpaired) electrons. The molecule has 0 saturated carbocycles. The van der Waals surface area contributed by atoms with Gasteiger partial charge in [-0.05, 0) is 36.3 Å². The number of nitrogens with zero attached hydrogens (tertiary/aromatic N) is 1.